The molecule has 1 nitrogen and oxygen atoms in total. The molecule has 0 amide bonds. The minimum Gasteiger partial charge on any atom is -0.294 e. The van der Waals surface area contributed by atoms with E-state index in [1.807, 2.05) is 12.1 Å². The number of rotatable bonds is 0. The molecule has 2 heteroatoms. The summed E-state index contributed by atoms with van der Waals surface area (Å²) in [5.41, 5.74) is 2.23. The maximum Gasteiger partial charge on any atom is 0.166 e. The second-order valence-corrected chi connectivity index (χ2v) is 4.88. The molecule has 0 N–H and O–H groups in total. The molecule has 3 aliphatic rings. The fourth-order valence-electron chi connectivity index (χ4n) is 2.40. The van der Waals surface area contributed by atoms with Crippen LogP contribution in [0.15, 0.2) is 22.7 Å². The number of ketones is 1. The number of halogens is 1. The fraction of sp³-hybridized carbons (Fsp3) is 0.364. The van der Waals surface area contributed by atoms with Crippen molar-refractivity contribution in [2.24, 2.45) is 5.92 Å². The molecule has 1 fully saturated rings. The van der Waals surface area contributed by atoms with Crippen molar-refractivity contribution in [3.05, 3.63) is 33.8 Å². The lowest BCUT2D eigenvalue weighted by molar-refractivity contribution is 0.0792. The van der Waals surface area contributed by atoms with E-state index in [4.69, 9.17) is 0 Å². The quantitative estimate of drug-likeness (QED) is 0.677. The van der Waals surface area contributed by atoms with E-state index >= 15 is 0 Å². The van der Waals surface area contributed by atoms with Gasteiger partial charge in [-0.05, 0) is 42.5 Å². The predicted octanol–water partition coefficient (Wildman–Crippen LogP) is 3.14. The van der Waals surface area contributed by atoms with Crippen LogP contribution in [-0.4, -0.2) is 5.78 Å². The molecule has 66 valence electrons. The molecular formula is C11H9BrO. The Morgan fingerprint density at radius 1 is 1.23 bits per heavy atom. The first-order chi connectivity index (χ1) is 6.25. The fourth-order valence-corrected chi connectivity index (χ4v) is 2.78. The van der Waals surface area contributed by atoms with Crippen LogP contribution in [0.5, 0.6) is 0 Å². The highest BCUT2D eigenvalue weighted by Gasteiger charge is 2.42. The normalized spacial score (nSPS) is 29.5. The number of hydrogen-bond donors (Lipinski definition) is 0. The lowest BCUT2D eigenvalue weighted by Gasteiger charge is -2.41. The maximum atomic E-state index is 11.8. The van der Waals surface area contributed by atoms with Crippen molar-refractivity contribution in [1.29, 1.82) is 0 Å². The van der Waals surface area contributed by atoms with Gasteiger partial charge in [-0.15, -0.1) is 0 Å². The van der Waals surface area contributed by atoms with Crippen molar-refractivity contribution in [3.63, 3.8) is 0 Å². The average Bonchev–Trinajstić information content (AvgIpc) is 2.00. The summed E-state index contributed by atoms with van der Waals surface area (Å²) in [6, 6.07) is 6.02. The molecule has 1 saturated carbocycles. The molecule has 3 aliphatic carbocycles. The van der Waals surface area contributed by atoms with Crippen molar-refractivity contribution < 1.29 is 4.79 Å². The van der Waals surface area contributed by atoms with E-state index < -0.39 is 0 Å². The molecule has 1 aromatic carbocycles. The van der Waals surface area contributed by atoms with E-state index in [2.05, 4.69) is 22.0 Å². The highest BCUT2D eigenvalue weighted by atomic mass is 79.9. The van der Waals surface area contributed by atoms with E-state index in [1.54, 1.807) is 0 Å². The van der Waals surface area contributed by atoms with E-state index in [0.717, 1.165) is 22.9 Å². The molecule has 0 aromatic heterocycles. The van der Waals surface area contributed by atoms with Crippen molar-refractivity contribution in [2.75, 3.05) is 0 Å². The number of Topliss-reactive ketones (excluding diaryl/α,β-unsaturated/α-hetero) is 1. The summed E-state index contributed by atoms with van der Waals surface area (Å²) in [5.74, 6) is 1.37. The van der Waals surface area contributed by atoms with Gasteiger partial charge in [-0.1, -0.05) is 15.9 Å². The summed E-state index contributed by atoms with van der Waals surface area (Å²) in [4.78, 5) is 11.8. The molecule has 0 heterocycles. The smallest absolute Gasteiger partial charge is 0.166 e. The molecule has 13 heavy (non-hydrogen) atoms. The Balaban J connectivity index is 2.22. The summed E-state index contributed by atoms with van der Waals surface area (Å²) < 4.78 is 1.09. The third-order valence-electron chi connectivity index (χ3n) is 3.23. The first-order valence-electron chi connectivity index (χ1n) is 4.59. The third-order valence-corrected chi connectivity index (χ3v) is 3.72. The van der Waals surface area contributed by atoms with Crippen molar-refractivity contribution in [1.82, 2.24) is 0 Å². The van der Waals surface area contributed by atoms with E-state index in [0.29, 0.717) is 17.6 Å². The molecular weight excluding hydrogens is 228 g/mol. The van der Waals surface area contributed by atoms with Crippen LogP contribution < -0.4 is 0 Å². The van der Waals surface area contributed by atoms with Gasteiger partial charge in [0, 0.05) is 16.0 Å². The largest absolute Gasteiger partial charge is 0.294 e. The van der Waals surface area contributed by atoms with Crippen LogP contribution in [0.1, 0.15) is 34.7 Å². The minimum atomic E-state index is 0.346. The molecule has 0 spiro atoms. The summed E-state index contributed by atoms with van der Waals surface area (Å²) in [6.45, 7) is 0. The van der Waals surface area contributed by atoms with Gasteiger partial charge in [0.15, 0.2) is 5.78 Å². The van der Waals surface area contributed by atoms with Gasteiger partial charge in [-0.25, -0.2) is 0 Å². The number of hydrogen-bond acceptors (Lipinski definition) is 1. The van der Waals surface area contributed by atoms with Gasteiger partial charge in [-0.3, -0.25) is 4.79 Å². The Labute approximate surface area is 85.3 Å². The average molecular weight is 237 g/mol. The lowest BCUT2D eigenvalue weighted by atomic mass is 9.62. The van der Waals surface area contributed by atoms with Gasteiger partial charge < -0.3 is 0 Å². The Kier molecular flexibility index (Phi) is 1.46. The van der Waals surface area contributed by atoms with Gasteiger partial charge in [0.05, 0.1) is 0 Å². The van der Waals surface area contributed by atoms with Gasteiger partial charge in [0.2, 0.25) is 0 Å². The second-order valence-electron chi connectivity index (χ2n) is 3.96. The van der Waals surface area contributed by atoms with Gasteiger partial charge in [0.1, 0.15) is 0 Å². The first-order valence-corrected chi connectivity index (χ1v) is 5.38. The third kappa shape index (κ3) is 0.953. The SMILES string of the molecule is O=C1c2ccc(Br)cc2C2CC1C2. The standard InChI is InChI=1S/C11H9BrO/c12-8-1-2-9-10(5-8)6-3-7(4-6)11(9)13/h1-2,5-7H,3-4H2. The molecule has 0 radical (unpaired) electrons. The second kappa shape index (κ2) is 2.44. The monoisotopic (exact) mass is 236 g/mol. The van der Waals surface area contributed by atoms with Crippen molar-refractivity contribution in [3.8, 4) is 0 Å². The zero-order valence-electron chi connectivity index (χ0n) is 7.09. The predicted molar refractivity (Wildman–Crippen MR) is 53.9 cm³/mol. The van der Waals surface area contributed by atoms with Gasteiger partial charge in [-0.2, -0.15) is 0 Å². The lowest BCUT2D eigenvalue weighted by Crippen LogP contribution is -2.36. The highest BCUT2D eigenvalue weighted by molar-refractivity contribution is 9.10. The molecule has 4 rings (SSSR count). The number of carbonyl (C=O) groups excluding carboxylic acids is 1. The van der Waals surface area contributed by atoms with E-state index in [9.17, 15) is 4.79 Å². The molecule has 0 unspecified atom stereocenters. The van der Waals surface area contributed by atoms with Crippen molar-refractivity contribution in [2.45, 2.75) is 18.8 Å². The Morgan fingerprint density at radius 3 is 2.77 bits per heavy atom. The van der Waals surface area contributed by atoms with Gasteiger partial charge in [0.25, 0.3) is 0 Å². The molecule has 0 aliphatic heterocycles. The number of carbonyl (C=O) groups is 1. The summed E-state index contributed by atoms with van der Waals surface area (Å²) in [5, 5.41) is 0. The van der Waals surface area contributed by atoms with Crippen LogP contribution in [0.2, 0.25) is 0 Å². The van der Waals surface area contributed by atoms with Crippen LogP contribution in [-0.2, 0) is 0 Å². The summed E-state index contributed by atoms with van der Waals surface area (Å²) in [6.07, 6.45) is 2.17. The molecule has 1 aromatic rings. The van der Waals surface area contributed by atoms with E-state index in [-0.39, 0.29) is 0 Å². The maximum absolute atomic E-state index is 11.8. The van der Waals surface area contributed by atoms with Crippen LogP contribution in [0.25, 0.3) is 0 Å². The van der Waals surface area contributed by atoms with Crippen LogP contribution in [0.3, 0.4) is 0 Å². The van der Waals surface area contributed by atoms with E-state index in [1.165, 1.54) is 5.56 Å². The number of benzene rings is 1. The topological polar surface area (TPSA) is 17.1 Å². The summed E-state index contributed by atoms with van der Waals surface area (Å²) >= 11 is 3.44. The molecule has 2 bridgehead atoms. The molecule has 0 atom stereocenters. The summed E-state index contributed by atoms with van der Waals surface area (Å²) in [7, 11) is 0. The van der Waals surface area contributed by atoms with Crippen molar-refractivity contribution >= 4 is 21.7 Å². The Hall–Kier alpha value is -0.630. The van der Waals surface area contributed by atoms with Crippen LogP contribution in [0.4, 0.5) is 0 Å². The zero-order valence-corrected chi connectivity index (χ0v) is 8.67. The van der Waals surface area contributed by atoms with Crippen LogP contribution in [0, 0.1) is 5.92 Å². The minimum absolute atomic E-state index is 0.346. The zero-order chi connectivity index (χ0) is 9.00. The molecule has 0 saturated heterocycles. The Morgan fingerprint density at radius 2 is 2.00 bits per heavy atom. The van der Waals surface area contributed by atoms with Gasteiger partial charge >= 0.3 is 0 Å². The first kappa shape index (κ1) is 7.74. The Bertz CT molecular complexity index is 391. The highest BCUT2D eigenvalue weighted by Crippen LogP contribution is 2.49. The van der Waals surface area contributed by atoms with Crippen LogP contribution >= 0.6 is 15.9 Å².